The van der Waals surface area contributed by atoms with E-state index in [1.54, 1.807) is 38.4 Å². The van der Waals surface area contributed by atoms with Crippen LogP contribution < -0.4 is 15.6 Å². The lowest BCUT2D eigenvalue weighted by molar-refractivity contribution is 0.0950. The van der Waals surface area contributed by atoms with Crippen LogP contribution in [0.15, 0.2) is 58.4 Å². The minimum atomic E-state index is -3.58. The number of ether oxygens (including phenoxy) is 1. The lowest BCUT2D eigenvalue weighted by Crippen LogP contribution is -2.24. The highest BCUT2D eigenvalue weighted by Gasteiger charge is 2.22. The van der Waals surface area contributed by atoms with Crippen LogP contribution in [0.2, 0.25) is 5.02 Å². The Morgan fingerprint density at radius 2 is 1.97 bits per heavy atom. The fourth-order valence-electron chi connectivity index (χ4n) is 4.02. The second kappa shape index (κ2) is 10.7. The Labute approximate surface area is 224 Å². The number of carbonyl (C=O) groups excluding carboxylic acids is 1. The number of rotatable bonds is 8. The number of amides is 1. The van der Waals surface area contributed by atoms with Crippen LogP contribution in [0, 0.1) is 18.3 Å². The summed E-state index contributed by atoms with van der Waals surface area (Å²) in [5.74, 6) is 0.150. The summed E-state index contributed by atoms with van der Waals surface area (Å²) in [6, 6.07) is 13.3. The lowest BCUT2D eigenvalue weighted by atomic mass is 10.0. The van der Waals surface area contributed by atoms with Crippen LogP contribution >= 0.6 is 11.6 Å². The molecule has 9 nitrogen and oxygen atoms in total. The zero-order chi connectivity index (χ0) is 27.6. The summed E-state index contributed by atoms with van der Waals surface area (Å²) >= 11 is 6.40. The van der Waals surface area contributed by atoms with Gasteiger partial charge in [0.05, 0.1) is 28.2 Å². The number of nitriles is 1. The Bertz CT molecular complexity index is 1750. The number of pyridine rings is 1. The monoisotopic (exact) mass is 552 g/mol. The quantitative estimate of drug-likeness (QED) is 0.304. The number of H-pyrrole nitrogens is 1. The van der Waals surface area contributed by atoms with E-state index in [9.17, 15) is 18.0 Å². The molecule has 2 heterocycles. The van der Waals surface area contributed by atoms with Gasteiger partial charge in [-0.1, -0.05) is 30.7 Å². The maximum Gasteiger partial charge on any atom is 0.274 e. The van der Waals surface area contributed by atoms with Crippen molar-refractivity contribution in [2.45, 2.75) is 25.2 Å². The number of hydrogen-bond donors (Lipinski definition) is 2. The SMILES string of the molecule is CCS(=O)(=O)c1ccc(Oc2c(C)cccc2Cl)c(-c2cn(C)c(=O)c3[nH]c(C(=O)NCCC#N)cc23)c1. The molecule has 4 rings (SSSR count). The number of nitrogens with one attached hydrogen (secondary N) is 2. The van der Waals surface area contributed by atoms with Crippen molar-refractivity contribution in [1.29, 1.82) is 5.26 Å². The van der Waals surface area contributed by atoms with Gasteiger partial charge in [0.25, 0.3) is 11.5 Å². The van der Waals surface area contributed by atoms with Crippen molar-refractivity contribution < 1.29 is 17.9 Å². The van der Waals surface area contributed by atoms with Crippen molar-refractivity contribution in [2.24, 2.45) is 7.05 Å². The van der Waals surface area contributed by atoms with Crippen molar-refractivity contribution in [3.05, 3.63) is 75.3 Å². The molecular weight excluding hydrogens is 528 g/mol. The van der Waals surface area contributed by atoms with E-state index in [0.29, 0.717) is 33.0 Å². The Morgan fingerprint density at radius 3 is 2.66 bits per heavy atom. The van der Waals surface area contributed by atoms with Crippen LogP contribution in [0.3, 0.4) is 0 Å². The largest absolute Gasteiger partial charge is 0.455 e. The fourth-order valence-corrected chi connectivity index (χ4v) is 5.19. The molecule has 1 amide bonds. The van der Waals surface area contributed by atoms with E-state index in [0.717, 1.165) is 5.56 Å². The first-order chi connectivity index (χ1) is 18.1. The molecule has 2 N–H and O–H groups in total. The molecule has 0 aliphatic heterocycles. The maximum atomic E-state index is 13.0. The standard InChI is InChI=1S/C27H25ClN4O5S/c1-4-38(35,36)17-9-10-23(37-25-16(2)7-5-8-21(25)28)18(13-17)20-15-32(3)27(34)24-19(20)14-22(31-24)26(33)30-12-6-11-29/h5,7-10,13-15,31H,4,6,12H2,1-3H3,(H,30,33). The zero-order valence-corrected chi connectivity index (χ0v) is 22.5. The van der Waals surface area contributed by atoms with Gasteiger partial charge in [-0.2, -0.15) is 5.26 Å². The molecule has 0 aliphatic carbocycles. The van der Waals surface area contributed by atoms with Gasteiger partial charge in [0.1, 0.15) is 22.7 Å². The number of carbonyl (C=O) groups is 1. The van der Waals surface area contributed by atoms with Crippen LogP contribution in [0.25, 0.3) is 22.0 Å². The van der Waals surface area contributed by atoms with Gasteiger partial charge in [0.15, 0.2) is 9.84 Å². The summed E-state index contributed by atoms with van der Waals surface area (Å²) in [6.07, 6.45) is 1.71. The Balaban J connectivity index is 1.97. The average molecular weight is 553 g/mol. The number of aromatic amines is 1. The average Bonchev–Trinajstić information content (AvgIpc) is 3.35. The number of sulfone groups is 1. The van der Waals surface area contributed by atoms with E-state index in [4.69, 9.17) is 21.6 Å². The van der Waals surface area contributed by atoms with E-state index >= 15 is 0 Å². The van der Waals surface area contributed by atoms with Crippen LogP contribution in [-0.2, 0) is 16.9 Å². The number of benzene rings is 2. The molecule has 0 unspecified atom stereocenters. The molecule has 4 aromatic rings. The molecular formula is C27H25ClN4O5S. The van der Waals surface area contributed by atoms with Crippen molar-refractivity contribution in [3.63, 3.8) is 0 Å². The van der Waals surface area contributed by atoms with Crippen molar-refractivity contribution in [3.8, 4) is 28.7 Å². The molecule has 2 aromatic carbocycles. The molecule has 196 valence electrons. The van der Waals surface area contributed by atoms with Crippen LogP contribution in [0.5, 0.6) is 11.5 Å². The number of nitrogens with zero attached hydrogens (tertiary/aromatic N) is 2. The number of aromatic nitrogens is 2. The van der Waals surface area contributed by atoms with E-state index in [1.165, 1.54) is 22.8 Å². The predicted octanol–water partition coefficient (Wildman–Crippen LogP) is 4.72. The molecule has 38 heavy (non-hydrogen) atoms. The number of para-hydroxylation sites is 1. The molecule has 0 fully saturated rings. The minimum Gasteiger partial charge on any atom is -0.455 e. The second-order valence-electron chi connectivity index (χ2n) is 8.64. The molecule has 0 aliphatic rings. The van der Waals surface area contributed by atoms with Gasteiger partial charge >= 0.3 is 0 Å². The van der Waals surface area contributed by atoms with Gasteiger partial charge in [-0.15, -0.1) is 0 Å². The van der Waals surface area contributed by atoms with Gasteiger partial charge in [-0.3, -0.25) is 9.59 Å². The number of fused-ring (bicyclic) bond motifs is 1. The molecule has 0 saturated heterocycles. The summed E-state index contributed by atoms with van der Waals surface area (Å²) in [7, 11) is -2.02. The van der Waals surface area contributed by atoms with Crippen LogP contribution in [0.1, 0.15) is 29.4 Å². The first-order valence-electron chi connectivity index (χ1n) is 11.7. The van der Waals surface area contributed by atoms with Gasteiger partial charge in [-0.25, -0.2) is 8.42 Å². The minimum absolute atomic E-state index is 0.0882. The third-order valence-electron chi connectivity index (χ3n) is 6.09. The van der Waals surface area contributed by atoms with E-state index in [-0.39, 0.29) is 40.4 Å². The maximum absolute atomic E-state index is 13.0. The highest BCUT2D eigenvalue weighted by Crippen LogP contribution is 2.41. The summed E-state index contributed by atoms with van der Waals surface area (Å²) in [5.41, 5.74) is 1.57. The van der Waals surface area contributed by atoms with Crippen molar-refractivity contribution in [2.75, 3.05) is 12.3 Å². The van der Waals surface area contributed by atoms with Gasteiger partial charge < -0.3 is 19.6 Å². The highest BCUT2D eigenvalue weighted by molar-refractivity contribution is 7.91. The van der Waals surface area contributed by atoms with E-state index in [1.807, 2.05) is 19.1 Å². The molecule has 0 saturated carbocycles. The van der Waals surface area contributed by atoms with E-state index < -0.39 is 15.7 Å². The number of hydrogen-bond acceptors (Lipinski definition) is 6. The summed E-state index contributed by atoms with van der Waals surface area (Å²) < 4.78 is 33.1. The first kappa shape index (κ1) is 27.0. The smallest absolute Gasteiger partial charge is 0.274 e. The van der Waals surface area contributed by atoms with Gasteiger partial charge in [0, 0.05) is 36.3 Å². The Hall–Kier alpha value is -4.07. The second-order valence-corrected chi connectivity index (χ2v) is 11.3. The summed E-state index contributed by atoms with van der Waals surface area (Å²) in [5, 5.41) is 12.2. The first-order valence-corrected chi connectivity index (χ1v) is 13.8. The Kier molecular flexibility index (Phi) is 7.62. The van der Waals surface area contributed by atoms with Crippen LogP contribution in [-0.4, -0.2) is 36.2 Å². The third kappa shape index (κ3) is 5.16. The highest BCUT2D eigenvalue weighted by atomic mass is 35.5. The zero-order valence-electron chi connectivity index (χ0n) is 21.0. The third-order valence-corrected chi connectivity index (χ3v) is 8.12. The van der Waals surface area contributed by atoms with Crippen molar-refractivity contribution in [1.82, 2.24) is 14.9 Å². The fraction of sp³-hybridized carbons (Fsp3) is 0.222. The molecule has 0 atom stereocenters. The predicted molar refractivity (Wildman–Crippen MR) is 146 cm³/mol. The van der Waals surface area contributed by atoms with Crippen molar-refractivity contribution >= 4 is 38.2 Å². The number of halogens is 1. The van der Waals surface area contributed by atoms with E-state index in [2.05, 4.69) is 10.3 Å². The normalized spacial score (nSPS) is 11.3. The molecule has 2 aromatic heterocycles. The summed E-state index contributed by atoms with van der Waals surface area (Å²) in [4.78, 5) is 28.6. The molecule has 0 spiro atoms. The number of aryl methyl sites for hydroxylation is 2. The van der Waals surface area contributed by atoms with Crippen LogP contribution in [0.4, 0.5) is 0 Å². The lowest BCUT2D eigenvalue weighted by Gasteiger charge is -2.17. The van der Waals surface area contributed by atoms with Gasteiger partial charge in [-0.05, 0) is 42.8 Å². The molecule has 0 bridgehead atoms. The van der Waals surface area contributed by atoms with Gasteiger partial charge in [0.2, 0.25) is 0 Å². The summed E-state index contributed by atoms with van der Waals surface area (Å²) in [6.45, 7) is 3.55. The molecule has 0 radical (unpaired) electrons. The Morgan fingerprint density at radius 1 is 1.21 bits per heavy atom. The molecule has 11 heteroatoms. The topological polar surface area (TPSA) is 134 Å².